The van der Waals surface area contributed by atoms with Crippen molar-refractivity contribution in [3.63, 3.8) is 0 Å². The summed E-state index contributed by atoms with van der Waals surface area (Å²) in [7, 11) is 0. The molecule has 0 radical (unpaired) electrons. The number of hydrogen-bond donors (Lipinski definition) is 1. The smallest absolute Gasteiger partial charge is 0.262 e. The van der Waals surface area contributed by atoms with E-state index in [9.17, 15) is 14.4 Å². The molecule has 3 aliphatic rings. The average molecular weight is 637 g/mol. The van der Waals surface area contributed by atoms with Crippen molar-refractivity contribution < 1.29 is 19.1 Å². The Bertz CT molecular complexity index is 1680. The molecule has 0 aromatic heterocycles. The van der Waals surface area contributed by atoms with E-state index in [0.717, 1.165) is 36.2 Å². The molecular formula is C39H41ClN2O4. The van der Waals surface area contributed by atoms with Gasteiger partial charge in [0.25, 0.3) is 5.91 Å². The number of nitrogens with one attached hydrogen (secondary N) is 1. The first-order chi connectivity index (χ1) is 21.9. The van der Waals surface area contributed by atoms with Crippen LogP contribution in [0, 0.1) is 10.8 Å². The van der Waals surface area contributed by atoms with E-state index in [-0.39, 0.29) is 34.9 Å². The second-order valence-corrected chi connectivity index (χ2v) is 14.7. The van der Waals surface area contributed by atoms with Gasteiger partial charge in [-0.05, 0) is 66.0 Å². The lowest BCUT2D eigenvalue weighted by atomic mass is 9.63. The highest BCUT2D eigenvalue weighted by Gasteiger charge is 2.49. The summed E-state index contributed by atoms with van der Waals surface area (Å²) in [5, 5.41) is 3.42. The number of anilines is 1. The summed E-state index contributed by atoms with van der Waals surface area (Å²) in [4.78, 5) is 43.7. The third kappa shape index (κ3) is 6.68. The van der Waals surface area contributed by atoms with Crippen LogP contribution in [0.2, 0.25) is 5.02 Å². The van der Waals surface area contributed by atoms with Crippen LogP contribution in [0.3, 0.4) is 0 Å². The minimum absolute atomic E-state index is 0.0698. The Morgan fingerprint density at radius 2 is 1.37 bits per heavy atom. The maximum Gasteiger partial charge on any atom is 0.262 e. The zero-order valence-corrected chi connectivity index (χ0v) is 27.7. The third-order valence-electron chi connectivity index (χ3n) is 9.21. The number of benzene rings is 3. The number of ketones is 2. The number of hydrogen-bond acceptors (Lipinski definition) is 5. The maximum absolute atomic E-state index is 14.2. The second-order valence-electron chi connectivity index (χ2n) is 14.3. The minimum atomic E-state index is -0.555. The Kier molecular flexibility index (Phi) is 8.68. The van der Waals surface area contributed by atoms with Crippen LogP contribution in [0.25, 0.3) is 0 Å². The number of halogens is 1. The van der Waals surface area contributed by atoms with Crippen molar-refractivity contribution >= 4 is 34.8 Å². The molecule has 0 atom stereocenters. The van der Waals surface area contributed by atoms with Gasteiger partial charge in [0.1, 0.15) is 5.75 Å². The Labute approximate surface area is 276 Å². The zero-order chi connectivity index (χ0) is 32.6. The highest BCUT2D eigenvalue weighted by Crippen LogP contribution is 2.55. The number of para-hydroxylation sites is 1. The van der Waals surface area contributed by atoms with Gasteiger partial charge < -0.3 is 15.0 Å². The second kappa shape index (κ2) is 12.6. The molecule has 7 heteroatoms. The Hall–Kier alpha value is -4.16. The molecule has 0 saturated carbocycles. The molecule has 2 aliphatic carbocycles. The first-order valence-electron chi connectivity index (χ1n) is 16.0. The number of Topliss-reactive ketones (excluding diaryl/α,β-unsaturated/α-hetero) is 2. The monoisotopic (exact) mass is 636 g/mol. The van der Waals surface area contributed by atoms with Crippen LogP contribution in [0.5, 0.6) is 5.75 Å². The normalized spacial score (nSPS) is 19.1. The first-order valence-corrected chi connectivity index (χ1v) is 16.4. The van der Waals surface area contributed by atoms with E-state index in [4.69, 9.17) is 16.3 Å². The molecule has 238 valence electrons. The first kappa shape index (κ1) is 31.8. The Morgan fingerprint density at radius 3 is 1.98 bits per heavy atom. The number of ether oxygens (including phenoxy) is 1. The van der Waals surface area contributed by atoms with Crippen LogP contribution < -0.4 is 10.1 Å². The fraction of sp³-hybridized carbons (Fsp3) is 0.359. The fourth-order valence-corrected chi connectivity index (χ4v) is 7.36. The van der Waals surface area contributed by atoms with Crippen molar-refractivity contribution in [3.05, 3.63) is 118 Å². The van der Waals surface area contributed by atoms with Gasteiger partial charge in [-0.1, -0.05) is 87.8 Å². The quantitative estimate of drug-likeness (QED) is 0.269. The van der Waals surface area contributed by atoms with Gasteiger partial charge in [-0.25, -0.2) is 0 Å². The summed E-state index contributed by atoms with van der Waals surface area (Å²) in [6.07, 6.45) is 3.08. The van der Waals surface area contributed by atoms with E-state index >= 15 is 0 Å². The molecule has 0 fully saturated rings. The highest BCUT2D eigenvalue weighted by molar-refractivity contribution is 6.30. The predicted octanol–water partition coefficient (Wildman–Crippen LogP) is 8.29. The molecule has 1 N–H and O–H groups in total. The Balaban J connectivity index is 1.41. The molecule has 0 saturated heterocycles. The molecule has 0 unspecified atom stereocenters. The van der Waals surface area contributed by atoms with E-state index in [0.29, 0.717) is 47.0 Å². The number of allylic oxidation sites excluding steroid dienone is 4. The molecule has 0 bridgehead atoms. The SMILES string of the molecule is CC1(C)CC(=O)C2=C(C1)N(CCc1ccccc1)C1=C(C(=O)CC(C)(C)C1)C2c1ccccc1OCC(=O)Nc1ccc(Cl)cc1. The van der Waals surface area contributed by atoms with E-state index in [1.165, 1.54) is 5.56 Å². The molecule has 3 aromatic rings. The summed E-state index contributed by atoms with van der Waals surface area (Å²) < 4.78 is 6.17. The van der Waals surface area contributed by atoms with Crippen molar-refractivity contribution in [1.29, 1.82) is 0 Å². The molecule has 1 heterocycles. The number of carbonyl (C=O) groups excluding carboxylic acids is 3. The molecule has 6 nitrogen and oxygen atoms in total. The van der Waals surface area contributed by atoms with Crippen LogP contribution in [0.4, 0.5) is 5.69 Å². The zero-order valence-electron chi connectivity index (χ0n) is 27.0. The average Bonchev–Trinajstić information content (AvgIpc) is 2.99. The molecule has 1 aliphatic heterocycles. The van der Waals surface area contributed by atoms with Crippen molar-refractivity contribution in [3.8, 4) is 5.75 Å². The summed E-state index contributed by atoms with van der Waals surface area (Å²) in [6.45, 7) is 9.05. The molecule has 1 amide bonds. The predicted molar refractivity (Wildman–Crippen MR) is 182 cm³/mol. The molecular weight excluding hydrogens is 596 g/mol. The molecule has 46 heavy (non-hydrogen) atoms. The van der Waals surface area contributed by atoms with E-state index in [2.05, 4.69) is 50.0 Å². The van der Waals surface area contributed by atoms with Gasteiger partial charge in [0.2, 0.25) is 0 Å². The van der Waals surface area contributed by atoms with Crippen LogP contribution in [-0.4, -0.2) is 35.5 Å². The molecule has 3 aromatic carbocycles. The largest absolute Gasteiger partial charge is 0.483 e. The van der Waals surface area contributed by atoms with Gasteiger partial charge in [0, 0.05) is 64.1 Å². The summed E-state index contributed by atoms with van der Waals surface area (Å²) in [5.74, 6) is -0.245. The van der Waals surface area contributed by atoms with Gasteiger partial charge >= 0.3 is 0 Å². The summed E-state index contributed by atoms with van der Waals surface area (Å²) in [5.41, 5.74) is 5.56. The van der Waals surface area contributed by atoms with E-state index in [1.54, 1.807) is 24.3 Å². The van der Waals surface area contributed by atoms with Crippen LogP contribution in [-0.2, 0) is 20.8 Å². The lowest BCUT2D eigenvalue weighted by molar-refractivity contribution is -0.120. The van der Waals surface area contributed by atoms with Crippen molar-refractivity contribution in [2.24, 2.45) is 10.8 Å². The van der Waals surface area contributed by atoms with Gasteiger partial charge in [-0.15, -0.1) is 0 Å². The van der Waals surface area contributed by atoms with Gasteiger partial charge in [0.05, 0.1) is 0 Å². The van der Waals surface area contributed by atoms with Crippen molar-refractivity contribution in [2.45, 2.75) is 65.7 Å². The number of rotatable bonds is 8. The van der Waals surface area contributed by atoms with Crippen LogP contribution in [0.15, 0.2) is 101 Å². The van der Waals surface area contributed by atoms with Gasteiger partial charge in [-0.2, -0.15) is 0 Å². The van der Waals surface area contributed by atoms with Gasteiger partial charge in [-0.3, -0.25) is 14.4 Å². The standard InChI is InChI=1S/C39H41ClN2O4/c1-38(2)20-29-36(31(43)22-38)35(28-12-8-9-13-33(28)46-24-34(45)41-27-16-14-26(40)15-17-27)37-30(21-39(3,4)23-32(37)44)42(29)19-18-25-10-6-5-7-11-25/h5-17,35H,18-24H2,1-4H3,(H,41,45). The topological polar surface area (TPSA) is 75.7 Å². The maximum atomic E-state index is 14.2. The van der Waals surface area contributed by atoms with Crippen molar-refractivity contribution in [1.82, 2.24) is 4.90 Å². The molecule has 6 rings (SSSR count). The van der Waals surface area contributed by atoms with Crippen LogP contribution >= 0.6 is 11.6 Å². The third-order valence-corrected chi connectivity index (χ3v) is 9.46. The number of nitrogens with zero attached hydrogens (tertiary/aromatic N) is 1. The van der Waals surface area contributed by atoms with E-state index < -0.39 is 5.92 Å². The summed E-state index contributed by atoms with van der Waals surface area (Å²) in [6, 6.07) is 24.8. The van der Waals surface area contributed by atoms with Crippen LogP contribution in [0.1, 0.15) is 70.4 Å². The number of amides is 1. The Morgan fingerprint density at radius 1 is 0.804 bits per heavy atom. The molecule has 0 spiro atoms. The highest BCUT2D eigenvalue weighted by atomic mass is 35.5. The summed E-state index contributed by atoms with van der Waals surface area (Å²) >= 11 is 5.99. The lowest BCUT2D eigenvalue weighted by Crippen LogP contribution is -2.45. The van der Waals surface area contributed by atoms with Gasteiger partial charge in [0.15, 0.2) is 18.2 Å². The minimum Gasteiger partial charge on any atom is -0.483 e. The number of carbonyl (C=O) groups is 3. The fourth-order valence-electron chi connectivity index (χ4n) is 7.24. The van der Waals surface area contributed by atoms with E-state index in [1.807, 2.05) is 42.5 Å². The lowest BCUT2D eigenvalue weighted by Gasteiger charge is -2.49. The van der Waals surface area contributed by atoms with Crippen molar-refractivity contribution in [2.75, 3.05) is 18.5 Å².